The second-order valence-electron chi connectivity index (χ2n) is 2.81. The average Bonchev–Trinajstić information content (AvgIpc) is 2.02. The van der Waals surface area contributed by atoms with Gasteiger partial charge in [-0.05, 0) is 6.42 Å². The van der Waals surface area contributed by atoms with Crippen molar-refractivity contribution in [2.45, 2.75) is 32.6 Å². The molecule has 0 aromatic rings. The highest BCUT2D eigenvalue weighted by Crippen LogP contribution is 1.96. The second kappa shape index (κ2) is 7.39. The van der Waals surface area contributed by atoms with E-state index in [-0.39, 0.29) is 0 Å². The summed E-state index contributed by atoms with van der Waals surface area (Å²) in [6.07, 6.45) is 4.35. The fourth-order valence-corrected chi connectivity index (χ4v) is 0.910. The van der Waals surface area contributed by atoms with E-state index in [1.54, 1.807) is 0 Å². The van der Waals surface area contributed by atoms with Crippen LogP contribution >= 0.6 is 0 Å². The molecule has 13 heavy (non-hydrogen) atoms. The summed E-state index contributed by atoms with van der Waals surface area (Å²) < 4.78 is 0. The van der Waals surface area contributed by atoms with Crippen LogP contribution in [0.2, 0.25) is 0 Å². The number of nitrogens with one attached hydrogen (secondary N) is 2. The molecule has 5 nitrogen and oxygen atoms in total. The lowest BCUT2D eigenvalue weighted by molar-refractivity contribution is 0.231. The Hall–Kier alpha value is -1.26. The molecule has 4 N–H and O–H groups in total. The van der Waals surface area contributed by atoms with E-state index in [1.165, 1.54) is 6.42 Å². The van der Waals surface area contributed by atoms with Gasteiger partial charge in [-0.3, -0.25) is 5.32 Å². The van der Waals surface area contributed by atoms with E-state index in [4.69, 9.17) is 5.73 Å². The third kappa shape index (κ3) is 8.65. The summed E-state index contributed by atoms with van der Waals surface area (Å²) in [5.41, 5.74) is 4.73. The highest BCUT2D eigenvalue weighted by atomic mass is 16.2. The van der Waals surface area contributed by atoms with Crippen LogP contribution in [0.15, 0.2) is 0 Å². The van der Waals surface area contributed by atoms with Gasteiger partial charge >= 0.3 is 12.1 Å². The molecule has 0 fully saturated rings. The Morgan fingerprint density at radius 3 is 2.46 bits per heavy atom. The molecule has 76 valence electrons. The largest absolute Gasteiger partial charge is 0.351 e. The molecule has 0 aliphatic rings. The number of carbonyl (C=O) groups is 2. The fourth-order valence-electron chi connectivity index (χ4n) is 0.910. The summed E-state index contributed by atoms with van der Waals surface area (Å²) in [7, 11) is 0. The molecule has 0 aliphatic carbocycles. The number of amides is 4. The van der Waals surface area contributed by atoms with Crippen LogP contribution in [0.1, 0.15) is 32.6 Å². The Labute approximate surface area is 78.1 Å². The van der Waals surface area contributed by atoms with E-state index in [0.717, 1.165) is 19.3 Å². The summed E-state index contributed by atoms with van der Waals surface area (Å²) in [5.74, 6) is 0. The number of urea groups is 2. The molecular weight excluding hydrogens is 170 g/mol. The van der Waals surface area contributed by atoms with Gasteiger partial charge in [0.2, 0.25) is 0 Å². The van der Waals surface area contributed by atoms with Crippen LogP contribution in [-0.2, 0) is 0 Å². The first-order valence-electron chi connectivity index (χ1n) is 4.51. The molecule has 0 spiro atoms. The molecule has 0 saturated heterocycles. The topological polar surface area (TPSA) is 84.2 Å². The van der Waals surface area contributed by atoms with Crippen LogP contribution in [0.4, 0.5) is 9.59 Å². The highest BCUT2D eigenvalue weighted by molar-refractivity contribution is 5.92. The summed E-state index contributed by atoms with van der Waals surface area (Å²) in [6.45, 7) is 2.70. The Morgan fingerprint density at radius 1 is 1.23 bits per heavy atom. The minimum absolute atomic E-state index is 0.524. The standard InChI is InChI=1S/C8H17N3O2/c1-2-3-4-5-6-10-8(13)11-7(9)12/h2-6H2,1H3,(H4,9,10,11,12,13). The van der Waals surface area contributed by atoms with Crippen molar-refractivity contribution >= 4 is 12.1 Å². The van der Waals surface area contributed by atoms with Crippen LogP contribution in [0.25, 0.3) is 0 Å². The molecule has 0 atom stereocenters. The zero-order valence-electron chi connectivity index (χ0n) is 7.93. The normalized spacial score (nSPS) is 9.31. The van der Waals surface area contributed by atoms with Crippen LogP contribution in [0.3, 0.4) is 0 Å². The summed E-state index contributed by atoms with van der Waals surface area (Å²) in [5, 5.41) is 4.44. The van der Waals surface area contributed by atoms with E-state index in [9.17, 15) is 9.59 Å². The van der Waals surface area contributed by atoms with Gasteiger partial charge in [0, 0.05) is 6.54 Å². The van der Waals surface area contributed by atoms with Crippen molar-refractivity contribution in [2.24, 2.45) is 5.73 Å². The van der Waals surface area contributed by atoms with Crippen molar-refractivity contribution < 1.29 is 9.59 Å². The lowest BCUT2D eigenvalue weighted by atomic mass is 10.2. The van der Waals surface area contributed by atoms with Crippen LogP contribution < -0.4 is 16.4 Å². The van der Waals surface area contributed by atoms with Crippen LogP contribution in [0.5, 0.6) is 0 Å². The predicted octanol–water partition coefficient (Wildman–Crippen LogP) is 0.945. The zero-order valence-corrected chi connectivity index (χ0v) is 7.93. The van der Waals surface area contributed by atoms with E-state index in [0.29, 0.717) is 6.54 Å². The van der Waals surface area contributed by atoms with Crippen molar-refractivity contribution in [1.82, 2.24) is 10.6 Å². The van der Waals surface area contributed by atoms with Gasteiger partial charge in [0.25, 0.3) is 0 Å². The number of carbonyl (C=O) groups excluding carboxylic acids is 2. The highest BCUT2D eigenvalue weighted by Gasteiger charge is 2.00. The van der Waals surface area contributed by atoms with Crippen molar-refractivity contribution in [2.75, 3.05) is 6.54 Å². The Kier molecular flexibility index (Phi) is 6.68. The van der Waals surface area contributed by atoms with Gasteiger partial charge in [0.05, 0.1) is 0 Å². The van der Waals surface area contributed by atoms with Gasteiger partial charge in [0.1, 0.15) is 0 Å². The second-order valence-corrected chi connectivity index (χ2v) is 2.81. The number of imide groups is 1. The quantitative estimate of drug-likeness (QED) is 0.560. The maximum atomic E-state index is 10.8. The SMILES string of the molecule is CCCCCCNC(=O)NC(N)=O. The number of hydrogen-bond donors (Lipinski definition) is 3. The predicted molar refractivity (Wildman–Crippen MR) is 50.3 cm³/mol. The van der Waals surface area contributed by atoms with E-state index in [2.05, 4.69) is 12.2 Å². The van der Waals surface area contributed by atoms with Crippen LogP contribution in [0, 0.1) is 0 Å². The molecule has 0 unspecified atom stereocenters. The summed E-state index contributed by atoms with van der Waals surface area (Å²) >= 11 is 0. The first-order valence-corrected chi connectivity index (χ1v) is 4.51. The molecular formula is C8H17N3O2. The monoisotopic (exact) mass is 187 g/mol. The summed E-state index contributed by atoms with van der Waals surface area (Å²) in [4.78, 5) is 21.0. The molecule has 0 heterocycles. The van der Waals surface area contributed by atoms with Gasteiger partial charge in [-0.25, -0.2) is 9.59 Å². The fraction of sp³-hybridized carbons (Fsp3) is 0.750. The number of primary amides is 1. The van der Waals surface area contributed by atoms with Gasteiger partial charge < -0.3 is 11.1 Å². The number of hydrogen-bond acceptors (Lipinski definition) is 2. The molecule has 0 bridgehead atoms. The van der Waals surface area contributed by atoms with Crippen molar-refractivity contribution in [1.29, 1.82) is 0 Å². The molecule has 5 heteroatoms. The molecule has 0 saturated carbocycles. The van der Waals surface area contributed by atoms with Gasteiger partial charge in [-0.15, -0.1) is 0 Å². The lowest BCUT2D eigenvalue weighted by Crippen LogP contribution is -2.42. The van der Waals surface area contributed by atoms with Crippen molar-refractivity contribution in [3.05, 3.63) is 0 Å². The molecule has 0 aromatic carbocycles. The first-order chi connectivity index (χ1) is 6.16. The van der Waals surface area contributed by atoms with Crippen molar-refractivity contribution in [3.8, 4) is 0 Å². The Morgan fingerprint density at radius 2 is 1.92 bits per heavy atom. The number of rotatable bonds is 5. The molecule has 0 aromatic heterocycles. The zero-order chi connectivity index (χ0) is 10.1. The molecule has 0 radical (unpaired) electrons. The third-order valence-electron chi connectivity index (χ3n) is 1.55. The first kappa shape index (κ1) is 11.7. The lowest BCUT2D eigenvalue weighted by Gasteiger charge is -2.03. The minimum atomic E-state index is -0.828. The Bertz CT molecular complexity index is 171. The maximum absolute atomic E-state index is 10.8. The minimum Gasteiger partial charge on any atom is -0.351 e. The van der Waals surface area contributed by atoms with Gasteiger partial charge in [0.15, 0.2) is 0 Å². The van der Waals surface area contributed by atoms with E-state index in [1.807, 2.05) is 5.32 Å². The maximum Gasteiger partial charge on any atom is 0.322 e. The van der Waals surface area contributed by atoms with E-state index < -0.39 is 12.1 Å². The van der Waals surface area contributed by atoms with Gasteiger partial charge in [-0.2, -0.15) is 0 Å². The van der Waals surface area contributed by atoms with Crippen molar-refractivity contribution in [3.63, 3.8) is 0 Å². The van der Waals surface area contributed by atoms with E-state index >= 15 is 0 Å². The number of nitrogens with two attached hydrogens (primary N) is 1. The van der Waals surface area contributed by atoms with Gasteiger partial charge in [-0.1, -0.05) is 26.2 Å². The Balaban J connectivity index is 3.22. The number of unbranched alkanes of at least 4 members (excludes halogenated alkanes) is 3. The molecule has 0 aliphatic heterocycles. The smallest absolute Gasteiger partial charge is 0.322 e. The molecule has 0 rings (SSSR count). The average molecular weight is 187 g/mol. The summed E-state index contributed by atoms with van der Waals surface area (Å²) in [6, 6.07) is -1.35. The third-order valence-corrected chi connectivity index (χ3v) is 1.55. The van der Waals surface area contributed by atoms with Crippen LogP contribution in [-0.4, -0.2) is 18.6 Å². The molecule has 4 amide bonds.